The molecule has 1 aromatic carbocycles. The van der Waals surface area contributed by atoms with Gasteiger partial charge in [0, 0.05) is 12.1 Å². The Kier molecular flexibility index (Phi) is 5.21. The SMILES string of the molecule is O=C(COc1cc(Cl)c(Cl)cc1[N+](=O)[O-])c1ccc(Br)s1. The van der Waals surface area contributed by atoms with Gasteiger partial charge in [-0.15, -0.1) is 11.3 Å². The number of hydrogen-bond donors (Lipinski definition) is 0. The minimum atomic E-state index is -0.649. The molecular weight excluding hydrogens is 405 g/mol. The number of nitro benzene ring substituents is 1. The molecule has 9 heteroatoms. The Hall–Kier alpha value is -1.15. The molecule has 0 bridgehead atoms. The number of carbonyl (C=O) groups is 1. The summed E-state index contributed by atoms with van der Waals surface area (Å²) in [7, 11) is 0. The van der Waals surface area contributed by atoms with Gasteiger partial charge in [0.25, 0.3) is 0 Å². The van der Waals surface area contributed by atoms with Crippen LogP contribution in [0.5, 0.6) is 5.75 Å². The monoisotopic (exact) mass is 409 g/mol. The predicted molar refractivity (Wildman–Crippen MR) is 85.0 cm³/mol. The van der Waals surface area contributed by atoms with Crippen LogP contribution in [-0.2, 0) is 0 Å². The highest BCUT2D eigenvalue weighted by Crippen LogP contribution is 2.35. The number of carbonyl (C=O) groups excluding carboxylic acids is 1. The van der Waals surface area contributed by atoms with Crippen molar-refractivity contribution < 1.29 is 14.5 Å². The minimum absolute atomic E-state index is 0.0456. The van der Waals surface area contributed by atoms with Gasteiger partial charge in [0.2, 0.25) is 5.78 Å². The molecule has 0 amide bonds. The highest BCUT2D eigenvalue weighted by Gasteiger charge is 2.20. The molecule has 0 N–H and O–H groups in total. The standard InChI is InChI=1S/C12H6BrCl2NO4S/c13-12-2-1-11(21-12)9(17)5-20-10-4-7(15)6(14)3-8(10)16(18)19/h1-4H,5H2. The number of halogens is 3. The van der Waals surface area contributed by atoms with E-state index in [0.717, 1.165) is 9.85 Å². The van der Waals surface area contributed by atoms with Crippen molar-refractivity contribution in [1.82, 2.24) is 0 Å². The largest absolute Gasteiger partial charge is 0.478 e. The number of hydrogen-bond acceptors (Lipinski definition) is 5. The third-order valence-electron chi connectivity index (χ3n) is 2.41. The van der Waals surface area contributed by atoms with Gasteiger partial charge in [-0.2, -0.15) is 0 Å². The molecule has 0 unspecified atom stereocenters. The Morgan fingerprint density at radius 1 is 1.33 bits per heavy atom. The summed E-state index contributed by atoms with van der Waals surface area (Å²) in [6.45, 7) is -0.328. The van der Waals surface area contributed by atoms with Crippen LogP contribution in [0.1, 0.15) is 9.67 Å². The van der Waals surface area contributed by atoms with Crippen LogP contribution >= 0.6 is 50.5 Å². The zero-order chi connectivity index (χ0) is 15.6. The van der Waals surface area contributed by atoms with Crippen LogP contribution in [0.2, 0.25) is 10.0 Å². The zero-order valence-electron chi connectivity index (χ0n) is 10.1. The first-order valence-corrected chi connectivity index (χ1v) is 7.80. The Morgan fingerprint density at radius 2 is 2.00 bits per heavy atom. The van der Waals surface area contributed by atoms with Gasteiger partial charge in [0.15, 0.2) is 12.4 Å². The summed E-state index contributed by atoms with van der Waals surface area (Å²) < 4.78 is 6.03. The van der Waals surface area contributed by atoms with Crippen molar-refractivity contribution in [2.24, 2.45) is 0 Å². The van der Waals surface area contributed by atoms with E-state index in [9.17, 15) is 14.9 Å². The van der Waals surface area contributed by atoms with Gasteiger partial charge >= 0.3 is 5.69 Å². The summed E-state index contributed by atoms with van der Waals surface area (Å²) in [6.07, 6.45) is 0. The van der Waals surface area contributed by atoms with E-state index < -0.39 is 4.92 Å². The van der Waals surface area contributed by atoms with Crippen LogP contribution in [0.3, 0.4) is 0 Å². The lowest BCUT2D eigenvalue weighted by molar-refractivity contribution is -0.385. The molecule has 21 heavy (non-hydrogen) atoms. The average Bonchev–Trinajstić information content (AvgIpc) is 2.85. The fourth-order valence-corrected chi connectivity index (χ4v) is 3.08. The molecule has 1 aromatic heterocycles. The number of nitro groups is 1. The molecule has 0 spiro atoms. The first kappa shape index (κ1) is 16.2. The third-order valence-corrected chi connectivity index (χ3v) is 4.79. The van der Waals surface area contributed by atoms with E-state index >= 15 is 0 Å². The van der Waals surface area contributed by atoms with E-state index in [4.69, 9.17) is 27.9 Å². The van der Waals surface area contributed by atoms with E-state index in [1.807, 2.05) is 0 Å². The summed E-state index contributed by atoms with van der Waals surface area (Å²) in [6, 6.07) is 5.69. The first-order valence-electron chi connectivity index (χ1n) is 5.43. The third kappa shape index (κ3) is 3.94. The molecule has 5 nitrogen and oxygen atoms in total. The van der Waals surface area contributed by atoms with Crippen molar-refractivity contribution in [1.29, 1.82) is 0 Å². The number of thiophene rings is 1. The summed E-state index contributed by atoms with van der Waals surface area (Å²) in [5.74, 6) is -0.385. The van der Waals surface area contributed by atoms with Gasteiger partial charge in [-0.1, -0.05) is 23.2 Å². The quantitative estimate of drug-likeness (QED) is 0.395. The summed E-state index contributed by atoms with van der Waals surface area (Å²) in [5, 5.41) is 11.1. The molecule has 110 valence electrons. The van der Waals surface area contributed by atoms with Crippen molar-refractivity contribution in [3.63, 3.8) is 0 Å². The smallest absolute Gasteiger partial charge is 0.312 e. The molecule has 0 aliphatic heterocycles. The van der Waals surface area contributed by atoms with Gasteiger partial charge in [-0.05, 0) is 28.1 Å². The molecule has 0 atom stereocenters. The summed E-state index contributed by atoms with van der Waals surface area (Å²) >= 11 is 16.0. The Labute approximate surface area is 141 Å². The van der Waals surface area contributed by atoms with Crippen LogP contribution in [0, 0.1) is 10.1 Å². The van der Waals surface area contributed by atoms with E-state index in [1.54, 1.807) is 12.1 Å². The van der Waals surface area contributed by atoms with Crippen molar-refractivity contribution in [2.45, 2.75) is 0 Å². The van der Waals surface area contributed by atoms with Crippen molar-refractivity contribution in [2.75, 3.05) is 6.61 Å². The van der Waals surface area contributed by atoms with E-state index in [0.29, 0.717) is 4.88 Å². The lowest BCUT2D eigenvalue weighted by Gasteiger charge is -2.07. The second-order valence-electron chi connectivity index (χ2n) is 3.81. The molecule has 2 aromatic rings. The van der Waals surface area contributed by atoms with Crippen LogP contribution in [-0.4, -0.2) is 17.3 Å². The molecular formula is C12H6BrCl2NO4S. The second-order valence-corrected chi connectivity index (χ2v) is 7.08. The highest BCUT2D eigenvalue weighted by molar-refractivity contribution is 9.11. The lowest BCUT2D eigenvalue weighted by atomic mass is 10.3. The fourth-order valence-electron chi connectivity index (χ4n) is 1.45. The Bertz CT molecular complexity index is 719. The molecule has 1 heterocycles. The molecule has 2 rings (SSSR count). The Balaban J connectivity index is 2.18. The zero-order valence-corrected chi connectivity index (χ0v) is 14.1. The molecule has 0 aliphatic carbocycles. The van der Waals surface area contributed by atoms with Crippen LogP contribution in [0.4, 0.5) is 5.69 Å². The number of rotatable bonds is 5. The summed E-state index contributed by atoms with van der Waals surface area (Å²) in [5.41, 5.74) is -0.343. The van der Waals surface area contributed by atoms with E-state index in [-0.39, 0.29) is 33.9 Å². The van der Waals surface area contributed by atoms with Gasteiger partial charge in [0.1, 0.15) is 0 Å². The van der Waals surface area contributed by atoms with E-state index in [2.05, 4.69) is 15.9 Å². The van der Waals surface area contributed by atoms with Gasteiger partial charge in [-0.25, -0.2) is 0 Å². The molecule has 0 saturated carbocycles. The van der Waals surface area contributed by atoms with Crippen molar-refractivity contribution >= 4 is 61.9 Å². The van der Waals surface area contributed by atoms with Crippen molar-refractivity contribution in [3.05, 3.63) is 53.1 Å². The maximum Gasteiger partial charge on any atom is 0.312 e. The van der Waals surface area contributed by atoms with Gasteiger partial charge < -0.3 is 4.74 Å². The molecule has 0 fully saturated rings. The van der Waals surface area contributed by atoms with E-state index in [1.165, 1.54) is 17.4 Å². The number of ether oxygens (including phenoxy) is 1. The van der Waals surface area contributed by atoms with Gasteiger partial charge in [0.05, 0.1) is 23.6 Å². The number of ketones is 1. The van der Waals surface area contributed by atoms with Gasteiger partial charge in [-0.3, -0.25) is 14.9 Å². The topological polar surface area (TPSA) is 69.4 Å². The molecule has 0 aliphatic rings. The first-order chi connectivity index (χ1) is 9.88. The van der Waals surface area contributed by atoms with Crippen LogP contribution in [0.25, 0.3) is 0 Å². The molecule has 0 saturated heterocycles. The Morgan fingerprint density at radius 3 is 2.57 bits per heavy atom. The predicted octanol–water partition coefficient (Wildman–Crippen LogP) is 4.99. The maximum absolute atomic E-state index is 11.9. The average molecular weight is 411 g/mol. The fraction of sp³-hybridized carbons (Fsp3) is 0.0833. The van der Waals surface area contributed by atoms with Crippen molar-refractivity contribution in [3.8, 4) is 5.75 Å². The number of benzene rings is 1. The number of Topliss-reactive ketones (excluding diaryl/α,β-unsaturated/α-hetero) is 1. The molecule has 0 radical (unpaired) electrons. The van der Waals surface area contributed by atoms with Crippen LogP contribution < -0.4 is 4.74 Å². The highest BCUT2D eigenvalue weighted by atomic mass is 79.9. The van der Waals surface area contributed by atoms with Crippen LogP contribution in [0.15, 0.2) is 28.1 Å². The minimum Gasteiger partial charge on any atom is -0.478 e. The number of nitrogens with zero attached hydrogens (tertiary/aromatic N) is 1. The second kappa shape index (κ2) is 6.74. The normalized spacial score (nSPS) is 10.4. The maximum atomic E-state index is 11.9. The summed E-state index contributed by atoms with van der Waals surface area (Å²) in [4.78, 5) is 22.7. The lowest BCUT2D eigenvalue weighted by Crippen LogP contribution is -2.11.